The summed E-state index contributed by atoms with van der Waals surface area (Å²) < 4.78 is 1.69. The lowest BCUT2D eigenvalue weighted by molar-refractivity contribution is -0.113. The Kier molecular flexibility index (Phi) is 7.00. The molecule has 0 bridgehead atoms. The average molecular weight is 478 g/mol. The molecule has 4 aromatic rings. The van der Waals surface area contributed by atoms with Crippen LogP contribution in [0.2, 0.25) is 0 Å². The molecule has 170 valence electrons. The minimum Gasteiger partial charge on any atom is -0.325 e. The molecule has 1 N–H and O–H groups in total. The summed E-state index contributed by atoms with van der Waals surface area (Å²) in [6.07, 6.45) is 0.844. The molecule has 0 aliphatic heterocycles. The van der Waals surface area contributed by atoms with Gasteiger partial charge >= 0.3 is 0 Å². The van der Waals surface area contributed by atoms with E-state index in [4.69, 9.17) is 4.98 Å². The molecule has 0 fully saturated rings. The van der Waals surface area contributed by atoms with Crippen molar-refractivity contribution >= 4 is 44.9 Å². The summed E-state index contributed by atoms with van der Waals surface area (Å²) in [6, 6.07) is 15.9. The summed E-state index contributed by atoms with van der Waals surface area (Å²) >= 11 is 2.83. The number of aryl methyl sites for hydroxylation is 4. The molecule has 1 amide bonds. The fourth-order valence-electron chi connectivity index (χ4n) is 3.83. The largest absolute Gasteiger partial charge is 0.325 e. The number of fused-ring (bicyclic) bond motifs is 1. The van der Waals surface area contributed by atoms with Crippen molar-refractivity contribution in [2.45, 2.75) is 45.8 Å². The number of rotatable bonds is 7. The molecule has 0 aliphatic rings. The van der Waals surface area contributed by atoms with Crippen molar-refractivity contribution in [1.29, 1.82) is 0 Å². The molecular formula is C26H27N3O2S2. The van der Waals surface area contributed by atoms with Gasteiger partial charge in [-0.1, -0.05) is 67.2 Å². The molecule has 0 radical (unpaired) electrons. The zero-order chi connectivity index (χ0) is 23.5. The Balaban J connectivity index is 1.65. The predicted octanol–water partition coefficient (Wildman–Crippen LogP) is 5.72. The van der Waals surface area contributed by atoms with Crippen molar-refractivity contribution in [2.24, 2.45) is 0 Å². The number of hydrogen-bond donors (Lipinski definition) is 1. The molecule has 0 saturated carbocycles. The third kappa shape index (κ3) is 4.89. The Morgan fingerprint density at radius 3 is 2.58 bits per heavy atom. The summed E-state index contributed by atoms with van der Waals surface area (Å²) in [5, 5.41) is 4.30. The number of carbonyl (C=O) groups excluding carboxylic acids is 1. The normalized spacial score (nSPS) is 11.2. The van der Waals surface area contributed by atoms with E-state index in [0.29, 0.717) is 17.1 Å². The molecule has 2 heterocycles. The highest BCUT2D eigenvalue weighted by Gasteiger charge is 2.18. The van der Waals surface area contributed by atoms with Crippen LogP contribution in [0.25, 0.3) is 10.2 Å². The molecular weight excluding hydrogens is 450 g/mol. The average Bonchev–Trinajstić information content (AvgIpc) is 3.10. The summed E-state index contributed by atoms with van der Waals surface area (Å²) in [5.74, 6) is 0.0660. The summed E-state index contributed by atoms with van der Waals surface area (Å²) in [7, 11) is 0. The number of carbonyl (C=O) groups is 1. The van der Waals surface area contributed by atoms with Gasteiger partial charge in [-0.3, -0.25) is 14.2 Å². The van der Waals surface area contributed by atoms with Crippen LogP contribution in [0.15, 0.2) is 58.5 Å². The van der Waals surface area contributed by atoms with Crippen LogP contribution >= 0.6 is 23.1 Å². The molecule has 7 heteroatoms. The zero-order valence-corrected chi connectivity index (χ0v) is 20.9. The number of benzene rings is 2. The van der Waals surface area contributed by atoms with Crippen LogP contribution in [0.1, 0.15) is 34.1 Å². The highest BCUT2D eigenvalue weighted by atomic mass is 32.2. The molecule has 5 nitrogen and oxygen atoms in total. The number of thioether (sulfide) groups is 1. The van der Waals surface area contributed by atoms with Crippen LogP contribution in [0.4, 0.5) is 5.69 Å². The first-order valence-electron chi connectivity index (χ1n) is 10.9. The van der Waals surface area contributed by atoms with Crippen molar-refractivity contribution in [1.82, 2.24) is 9.55 Å². The number of nitrogens with one attached hydrogen (secondary N) is 1. The fourth-order valence-corrected chi connectivity index (χ4v) is 5.70. The van der Waals surface area contributed by atoms with E-state index in [2.05, 4.69) is 12.2 Å². The van der Waals surface area contributed by atoms with Gasteiger partial charge in [0.25, 0.3) is 5.56 Å². The third-order valence-electron chi connectivity index (χ3n) is 5.77. The van der Waals surface area contributed by atoms with E-state index in [0.717, 1.165) is 44.1 Å². The second-order valence-electron chi connectivity index (χ2n) is 8.03. The van der Waals surface area contributed by atoms with Crippen molar-refractivity contribution in [3.63, 3.8) is 0 Å². The molecule has 0 unspecified atom stereocenters. The topological polar surface area (TPSA) is 64.0 Å². The predicted molar refractivity (Wildman–Crippen MR) is 139 cm³/mol. The van der Waals surface area contributed by atoms with E-state index < -0.39 is 0 Å². The monoisotopic (exact) mass is 477 g/mol. The standard InChI is InChI=1S/C26H27N3O2S2/c1-5-20-13-9-10-16(2)23(20)27-21(30)15-32-26-28-24-22(17(3)18(4)33-24)25(31)29(26)14-19-11-7-6-8-12-19/h6-13H,5,14-15H2,1-4H3,(H,27,30). The molecule has 0 spiro atoms. The maximum absolute atomic E-state index is 13.5. The number of amides is 1. The highest BCUT2D eigenvalue weighted by molar-refractivity contribution is 7.99. The molecule has 2 aromatic heterocycles. The number of anilines is 1. The quantitative estimate of drug-likeness (QED) is 0.273. The molecule has 0 aliphatic carbocycles. The molecule has 4 rings (SSSR count). The lowest BCUT2D eigenvalue weighted by atomic mass is 10.1. The second-order valence-corrected chi connectivity index (χ2v) is 10.2. The minimum absolute atomic E-state index is 0.0548. The van der Waals surface area contributed by atoms with Crippen LogP contribution in [0, 0.1) is 20.8 Å². The van der Waals surface area contributed by atoms with Crippen molar-refractivity contribution in [3.05, 3.63) is 86.0 Å². The van der Waals surface area contributed by atoms with Gasteiger partial charge in [-0.25, -0.2) is 4.98 Å². The highest BCUT2D eigenvalue weighted by Crippen LogP contribution is 2.29. The maximum atomic E-state index is 13.5. The van der Waals surface area contributed by atoms with Crippen molar-refractivity contribution in [3.8, 4) is 0 Å². The summed E-state index contributed by atoms with van der Waals surface area (Å²) in [4.78, 5) is 32.9. The van der Waals surface area contributed by atoms with Crippen LogP contribution in [0.5, 0.6) is 0 Å². The van der Waals surface area contributed by atoms with Gasteiger partial charge in [-0.15, -0.1) is 11.3 Å². The van der Waals surface area contributed by atoms with Gasteiger partial charge < -0.3 is 5.32 Å². The van der Waals surface area contributed by atoms with E-state index in [-0.39, 0.29) is 17.2 Å². The Morgan fingerprint density at radius 2 is 1.85 bits per heavy atom. The summed E-state index contributed by atoms with van der Waals surface area (Å²) in [6.45, 7) is 8.47. The number of hydrogen-bond acceptors (Lipinski definition) is 5. The second kappa shape index (κ2) is 9.93. The van der Waals surface area contributed by atoms with E-state index in [9.17, 15) is 9.59 Å². The van der Waals surface area contributed by atoms with E-state index in [1.165, 1.54) is 23.1 Å². The van der Waals surface area contributed by atoms with E-state index >= 15 is 0 Å². The number of aromatic nitrogens is 2. The Hall–Kier alpha value is -2.90. The first-order chi connectivity index (χ1) is 15.9. The first-order valence-corrected chi connectivity index (χ1v) is 12.7. The van der Waals surface area contributed by atoms with Crippen LogP contribution in [-0.4, -0.2) is 21.2 Å². The van der Waals surface area contributed by atoms with Gasteiger partial charge in [0, 0.05) is 10.6 Å². The smallest absolute Gasteiger partial charge is 0.263 e. The van der Waals surface area contributed by atoms with E-state index in [1.54, 1.807) is 4.57 Å². The SMILES string of the molecule is CCc1cccc(C)c1NC(=O)CSc1nc2sc(C)c(C)c2c(=O)n1Cc1ccccc1. The number of para-hydroxylation sites is 1. The van der Waals surface area contributed by atoms with Gasteiger partial charge in [0.05, 0.1) is 17.7 Å². The number of nitrogens with zero attached hydrogens (tertiary/aromatic N) is 2. The zero-order valence-electron chi connectivity index (χ0n) is 19.3. The molecule has 0 saturated heterocycles. The van der Waals surface area contributed by atoms with Crippen LogP contribution < -0.4 is 10.9 Å². The van der Waals surface area contributed by atoms with Crippen LogP contribution in [-0.2, 0) is 17.8 Å². The molecule has 2 aromatic carbocycles. The lowest BCUT2D eigenvalue weighted by Crippen LogP contribution is -2.25. The van der Waals surface area contributed by atoms with Gasteiger partial charge in [-0.05, 0) is 49.4 Å². The van der Waals surface area contributed by atoms with Crippen molar-refractivity contribution in [2.75, 3.05) is 11.1 Å². The van der Waals surface area contributed by atoms with E-state index in [1.807, 2.05) is 69.3 Å². The lowest BCUT2D eigenvalue weighted by Gasteiger charge is -2.14. The molecule has 33 heavy (non-hydrogen) atoms. The summed E-state index contributed by atoms with van der Waals surface area (Å²) in [5.41, 5.74) is 4.97. The third-order valence-corrected chi connectivity index (χ3v) is 7.85. The number of thiophene rings is 1. The van der Waals surface area contributed by atoms with Crippen molar-refractivity contribution < 1.29 is 4.79 Å². The fraction of sp³-hybridized carbons (Fsp3) is 0.269. The van der Waals surface area contributed by atoms with Gasteiger partial charge in [0.15, 0.2) is 5.16 Å². The Labute approximate surface area is 201 Å². The van der Waals surface area contributed by atoms with Crippen LogP contribution in [0.3, 0.4) is 0 Å². The minimum atomic E-state index is -0.108. The Bertz CT molecular complexity index is 1370. The van der Waals surface area contributed by atoms with Gasteiger partial charge in [0.1, 0.15) is 4.83 Å². The molecule has 0 atom stereocenters. The Morgan fingerprint density at radius 1 is 1.09 bits per heavy atom. The first kappa shape index (κ1) is 23.3. The van der Waals surface area contributed by atoms with Gasteiger partial charge in [0.2, 0.25) is 5.91 Å². The maximum Gasteiger partial charge on any atom is 0.263 e. The van der Waals surface area contributed by atoms with Gasteiger partial charge in [-0.2, -0.15) is 0 Å².